The van der Waals surface area contributed by atoms with Crippen LogP contribution in [0.2, 0.25) is 5.15 Å². The topological polar surface area (TPSA) is 60.5 Å². The number of pyridine rings is 1. The molecule has 1 aliphatic heterocycles. The number of amides is 1. The maximum absolute atomic E-state index is 12.3. The van der Waals surface area contributed by atoms with E-state index in [1.807, 2.05) is 18.2 Å². The Hall–Kier alpha value is -2.11. The smallest absolute Gasteiger partial charge is 0.255 e. The Kier molecular flexibility index (Phi) is 5.67. The van der Waals surface area contributed by atoms with Crippen molar-refractivity contribution in [3.8, 4) is 5.75 Å². The van der Waals surface area contributed by atoms with E-state index in [9.17, 15) is 4.79 Å². The van der Waals surface area contributed by atoms with Gasteiger partial charge in [-0.3, -0.25) is 4.79 Å². The standard InChI is InChI=1S/C18H19ClN2O3/c19-17-11-13(8-9-20-17)18(22)21-15-6-1-2-7-16(15)24-12-14-5-3-4-10-23-14/h1-2,6-9,11,14H,3-5,10,12H2,(H,21,22)/t14-/m0/s1. The molecule has 126 valence electrons. The van der Waals surface area contributed by atoms with Crippen molar-refractivity contribution in [1.29, 1.82) is 0 Å². The maximum atomic E-state index is 12.3. The number of ether oxygens (including phenoxy) is 2. The molecule has 1 aliphatic rings. The largest absolute Gasteiger partial charge is 0.489 e. The number of hydrogen-bond acceptors (Lipinski definition) is 4. The highest BCUT2D eigenvalue weighted by Crippen LogP contribution is 2.25. The summed E-state index contributed by atoms with van der Waals surface area (Å²) in [6, 6.07) is 10.5. The molecule has 6 heteroatoms. The highest BCUT2D eigenvalue weighted by Gasteiger charge is 2.16. The number of nitrogens with zero attached hydrogens (tertiary/aromatic N) is 1. The number of carbonyl (C=O) groups is 1. The number of carbonyl (C=O) groups excluding carboxylic acids is 1. The Morgan fingerprint density at radius 3 is 3.00 bits per heavy atom. The van der Waals surface area contributed by atoms with E-state index in [1.165, 1.54) is 12.3 Å². The Labute approximate surface area is 145 Å². The van der Waals surface area contributed by atoms with Crippen LogP contribution in [0.5, 0.6) is 5.75 Å². The number of halogens is 1. The number of rotatable bonds is 5. The summed E-state index contributed by atoms with van der Waals surface area (Å²) in [6.45, 7) is 1.27. The fourth-order valence-corrected chi connectivity index (χ4v) is 2.73. The molecule has 3 rings (SSSR count). The number of anilines is 1. The molecule has 0 radical (unpaired) electrons. The van der Waals surface area contributed by atoms with Crippen LogP contribution in [0.1, 0.15) is 29.6 Å². The molecule has 24 heavy (non-hydrogen) atoms. The Morgan fingerprint density at radius 1 is 1.33 bits per heavy atom. The van der Waals surface area contributed by atoms with E-state index in [1.54, 1.807) is 12.1 Å². The summed E-state index contributed by atoms with van der Waals surface area (Å²) >= 11 is 5.83. The molecule has 0 unspecified atom stereocenters. The first-order chi connectivity index (χ1) is 11.7. The van der Waals surface area contributed by atoms with Gasteiger partial charge in [0.05, 0.1) is 11.8 Å². The van der Waals surface area contributed by atoms with Gasteiger partial charge in [-0.1, -0.05) is 23.7 Å². The monoisotopic (exact) mass is 346 g/mol. The maximum Gasteiger partial charge on any atom is 0.255 e. The quantitative estimate of drug-likeness (QED) is 0.833. The number of benzene rings is 1. The first-order valence-electron chi connectivity index (χ1n) is 7.99. The second-order valence-corrected chi connectivity index (χ2v) is 6.00. The van der Waals surface area contributed by atoms with Gasteiger partial charge in [-0.25, -0.2) is 4.98 Å². The highest BCUT2D eigenvalue weighted by molar-refractivity contribution is 6.29. The lowest BCUT2D eigenvalue weighted by Crippen LogP contribution is -2.26. The van der Waals surface area contributed by atoms with E-state index < -0.39 is 0 Å². The third-order valence-electron chi connectivity index (χ3n) is 3.82. The van der Waals surface area contributed by atoms with Crippen LogP contribution in [-0.4, -0.2) is 30.2 Å². The lowest BCUT2D eigenvalue weighted by Gasteiger charge is -2.23. The number of nitrogens with one attached hydrogen (secondary N) is 1. The van der Waals surface area contributed by atoms with Gasteiger partial charge in [-0.05, 0) is 43.5 Å². The molecule has 2 aromatic rings. The van der Waals surface area contributed by atoms with Gasteiger partial charge in [0.1, 0.15) is 17.5 Å². The van der Waals surface area contributed by atoms with Crippen LogP contribution in [0.15, 0.2) is 42.6 Å². The summed E-state index contributed by atoms with van der Waals surface area (Å²) in [5.74, 6) is 0.365. The zero-order valence-electron chi connectivity index (χ0n) is 13.2. The number of aromatic nitrogens is 1. The highest BCUT2D eigenvalue weighted by atomic mass is 35.5. The van der Waals surface area contributed by atoms with Crippen LogP contribution in [0, 0.1) is 0 Å². The Bertz CT molecular complexity index is 702. The first kappa shape index (κ1) is 16.7. The van der Waals surface area contributed by atoms with Crippen molar-refractivity contribution in [3.05, 3.63) is 53.3 Å². The summed E-state index contributed by atoms with van der Waals surface area (Å²) in [7, 11) is 0. The molecule has 5 nitrogen and oxygen atoms in total. The molecule has 1 aromatic carbocycles. The van der Waals surface area contributed by atoms with Crippen LogP contribution in [0.25, 0.3) is 0 Å². The summed E-state index contributed by atoms with van der Waals surface area (Å²) < 4.78 is 11.5. The molecule has 1 fully saturated rings. The third-order valence-corrected chi connectivity index (χ3v) is 4.03. The average molecular weight is 347 g/mol. The SMILES string of the molecule is O=C(Nc1ccccc1OC[C@@H]1CCCCO1)c1ccnc(Cl)c1. The second-order valence-electron chi connectivity index (χ2n) is 5.62. The molecule has 0 bridgehead atoms. The van der Waals surface area contributed by atoms with E-state index in [0.29, 0.717) is 23.6 Å². The summed E-state index contributed by atoms with van der Waals surface area (Å²) in [6.07, 6.45) is 4.89. The van der Waals surface area contributed by atoms with Crippen molar-refractivity contribution in [2.24, 2.45) is 0 Å². The first-order valence-corrected chi connectivity index (χ1v) is 8.36. The van der Waals surface area contributed by atoms with E-state index in [0.717, 1.165) is 25.9 Å². The van der Waals surface area contributed by atoms with Crippen molar-refractivity contribution < 1.29 is 14.3 Å². The number of para-hydroxylation sites is 2. The van der Waals surface area contributed by atoms with Crippen molar-refractivity contribution in [3.63, 3.8) is 0 Å². The van der Waals surface area contributed by atoms with Gasteiger partial charge in [-0.15, -0.1) is 0 Å². The molecule has 0 saturated carbocycles. The van der Waals surface area contributed by atoms with E-state index in [-0.39, 0.29) is 17.2 Å². The molecule has 1 atom stereocenters. The van der Waals surface area contributed by atoms with Gasteiger partial charge in [-0.2, -0.15) is 0 Å². The van der Waals surface area contributed by atoms with Gasteiger partial charge in [0, 0.05) is 18.4 Å². The molecule has 1 N–H and O–H groups in total. The van der Waals surface area contributed by atoms with Crippen LogP contribution in [0.3, 0.4) is 0 Å². The molecule has 1 saturated heterocycles. The minimum atomic E-state index is -0.260. The van der Waals surface area contributed by atoms with Crippen LogP contribution >= 0.6 is 11.6 Å². The Morgan fingerprint density at radius 2 is 2.21 bits per heavy atom. The van der Waals surface area contributed by atoms with Gasteiger partial charge < -0.3 is 14.8 Å². The van der Waals surface area contributed by atoms with Crippen LogP contribution < -0.4 is 10.1 Å². The van der Waals surface area contributed by atoms with E-state index >= 15 is 0 Å². The molecule has 1 amide bonds. The van der Waals surface area contributed by atoms with Crippen LogP contribution in [0.4, 0.5) is 5.69 Å². The van der Waals surface area contributed by atoms with Crippen molar-refractivity contribution in [1.82, 2.24) is 4.98 Å². The fraction of sp³-hybridized carbons (Fsp3) is 0.333. The van der Waals surface area contributed by atoms with Gasteiger partial charge in [0.2, 0.25) is 0 Å². The van der Waals surface area contributed by atoms with Gasteiger partial charge >= 0.3 is 0 Å². The second kappa shape index (κ2) is 8.13. The van der Waals surface area contributed by atoms with E-state index in [2.05, 4.69) is 10.3 Å². The molecular formula is C18H19ClN2O3. The normalized spacial score (nSPS) is 17.3. The third kappa shape index (κ3) is 4.46. The van der Waals surface area contributed by atoms with Gasteiger partial charge in [0.25, 0.3) is 5.91 Å². The number of hydrogen-bond donors (Lipinski definition) is 1. The minimum absolute atomic E-state index is 0.113. The molecular weight excluding hydrogens is 328 g/mol. The predicted octanol–water partition coefficient (Wildman–Crippen LogP) is 3.94. The van der Waals surface area contributed by atoms with Crippen molar-refractivity contribution in [2.45, 2.75) is 25.4 Å². The Balaban J connectivity index is 1.66. The predicted molar refractivity (Wildman–Crippen MR) is 92.7 cm³/mol. The molecule has 0 spiro atoms. The van der Waals surface area contributed by atoms with Crippen molar-refractivity contribution >= 4 is 23.2 Å². The minimum Gasteiger partial charge on any atom is -0.489 e. The van der Waals surface area contributed by atoms with Crippen molar-refractivity contribution in [2.75, 3.05) is 18.5 Å². The zero-order valence-corrected chi connectivity index (χ0v) is 14.0. The zero-order chi connectivity index (χ0) is 16.8. The molecule has 0 aliphatic carbocycles. The summed E-state index contributed by atoms with van der Waals surface area (Å²) in [5.41, 5.74) is 1.06. The molecule has 2 heterocycles. The summed E-state index contributed by atoms with van der Waals surface area (Å²) in [5, 5.41) is 3.13. The molecule has 1 aromatic heterocycles. The average Bonchev–Trinajstić information content (AvgIpc) is 2.62. The fourth-order valence-electron chi connectivity index (χ4n) is 2.56. The van der Waals surface area contributed by atoms with Crippen LogP contribution in [-0.2, 0) is 4.74 Å². The summed E-state index contributed by atoms with van der Waals surface area (Å²) in [4.78, 5) is 16.2. The lowest BCUT2D eigenvalue weighted by molar-refractivity contribution is -0.0109. The van der Waals surface area contributed by atoms with Gasteiger partial charge in [0.15, 0.2) is 0 Å². The lowest BCUT2D eigenvalue weighted by atomic mass is 10.1. The van der Waals surface area contributed by atoms with E-state index in [4.69, 9.17) is 21.1 Å².